The molecule has 1 atom stereocenters. The second-order valence-electron chi connectivity index (χ2n) is 5.85. The first kappa shape index (κ1) is 12.7. The zero-order valence-electron chi connectivity index (χ0n) is 11.6. The summed E-state index contributed by atoms with van der Waals surface area (Å²) in [5, 5.41) is 3.35. The van der Waals surface area contributed by atoms with E-state index in [4.69, 9.17) is 0 Å². The molecule has 1 aliphatic heterocycles. The highest BCUT2D eigenvalue weighted by Crippen LogP contribution is 2.45. The van der Waals surface area contributed by atoms with Crippen LogP contribution in [0.4, 0.5) is 0 Å². The van der Waals surface area contributed by atoms with Gasteiger partial charge in [0.1, 0.15) is 0 Å². The third-order valence-corrected chi connectivity index (χ3v) is 4.71. The van der Waals surface area contributed by atoms with Crippen LogP contribution in [-0.2, 0) is 10.2 Å². The minimum atomic E-state index is -0.229. The second kappa shape index (κ2) is 4.97. The Kier molecular flexibility index (Phi) is 3.31. The molecule has 0 bridgehead atoms. The largest absolute Gasteiger partial charge is 0.337 e. The van der Waals surface area contributed by atoms with Gasteiger partial charge < -0.3 is 10.2 Å². The number of hydrogen-bond acceptors (Lipinski definition) is 2. The zero-order chi connectivity index (χ0) is 13.3. The van der Waals surface area contributed by atoms with Crippen molar-refractivity contribution in [2.24, 2.45) is 0 Å². The van der Waals surface area contributed by atoms with E-state index in [1.165, 1.54) is 12.0 Å². The maximum atomic E-state index is 13.0. The zero-order valence-corrected chi connectivity index (χ0v) is 11.6. The summed E-state index contributed by atoms with van der Waals surface area (Å²) < 4.78 is 0. The number of benzene rings is 1. The first-order valence-corrected chi connectivity index (χ1v) is 7.31. The molecule has 1 N–H and O–H groups in total. The van der Waals surface area contributed by atoms with E-state index in [0.717, 1.165) is 32.5 Å². The lowest BCUT2D eigenvalue weighted by molar-refractivity contribution is -0.143. The van der Waals surface area contributed by atoms with Crippen molar-refractivity contribution in [3.63, 3.8) is 0 Å². The van der Waals surface area contributed by atoms with Gasteiger partial charge in [0.05, 0.1) is 5.41 Å². The fraction of sp³-hybridized carbons (Fsp3) is 0.562. The van der Waals surface area contributed by atoms with Crippen molar-refractivity contribution in [2.45, 2.75) is 37.6 Å². The maximum Gasteiger partial charge on any atom is 0.233 e. The molecule has 1 aromatic carbocycles. The van der Waals surface area contributed by atoms with Crippen LogP contribution in [0.1, 0.15) is 31.7 Å². The van der Waals surface area contributed by atoms with Gasteiger partial charge in [-0.25, -0.2) is 0 Å². The van der Waals surface area contributed by atoms with Gasteiger partial charge in [-0.3, -0.25) is 4.79 Å². The van der Waals surface area contributed by atoms with Gasteiger partial charge in [0, 0.05) is 25.7 Å². The van der Waals surface area contributed by atoms with Gasteiger partial charge in [-0.2, -0.15) is 0 Å². The molecule has 102 valence electrons. The maximum absolute atomic E-state index is 13.0. The van der Waals surface area contributed by atoms with Crippen LogP contribution in [0.25, 0.3) is 0 Å². The molecule has 19 heavy (non-hydrogen) atoms. The van der Waals surface area contributed by atoms with Crippen LogP contribution < -0.4 is 5.32 Å². The predicted octanol–water partition coefficient (Wildman–Crippen LogP) is 1.93. The van der Waals surface area contributed by atoms with Crippen LogP contribution in [0, 0.1) is 0 Å². The third-order valence-electron chi connectivity index (χ3n) is 4.71. The summed E-state index contributed by atoms with van der Waals surface area (Å²) in [6.07, 6.45) is 3.18. The summed E-state index contributed by atoms with van der Waals surface area (Å²) in [6, 6.07) is 10.7. The van der Waals surface area contributed by atoms with E-state index in [0.29, 0.717) is 11.9 Å². The van der Waals surface area contributed by atoms with E-state index in [-0.39, 0.29) is 5.41 Å². The highest BCUT2D eigenvalue weighted by atomic mass is 16.2. The molecule has 3 rings (SSSR count). The summed E-state index contributed by atoms with van der Waals surface area (Å²) in [4.78, 5) is 15.1. The molecule has 1 aliphatic carbocycles. The number of nitrogens with zero attached hydrogens (tertiary/aromatic N) is 1. The van der Waals surface area contributed by atoms with Crippen molar-refractivity contribution in [1.29, 1.82) is 0 Å². The van der Waals surface area contributed by atoms with Gasteiger partial charge in [0.15, 0.2) is 0 Å². The molecule has 0 radical (unpaired) electrons. The number of amides is 1. The summed E-state index contributed by atoms with van der Waals surface area (Å²) in [5.41, 5.74) is 0.976. The fourth-order valence-corrected chi connectivity index (χ4v) is 3.33. The van der Waals surface area contributed by atoms with E-state index in [2.05, 4.69) is 29.3 Å². The predicted molar refractivity (Wildman–Crippen MR) is 76.0 cm³/mol. The van der Waals surface area contributed by atoms with E-state index in [1.807, 2.05) is 18.2 Å². The fourth-order valence-electron chi connectivity index (χ4n) is 3.33. The van der Waals surface area contributed by atoms with Crippen molar-refractivity contribution >= 4 is 5.91 Å². The molecular formula is C16H22N2O. The van der Waals surface area contributed by atoms with Gasteiger partial charge in [-0.15, -0.1) is 0 Å². The third kappa shape index (κ3) is 2.06. The number of carbonyl (C=O) groups excluding carboxylic acids is 1. The molecule has 0 spiro atoms. The number of carbonyl (C=O) groups is 1. The van der Waals surface area contributed by atoms with Crippen LogP contribution in [0.5, 0.6) is 0 Å². The lowest BCUT2D eigenvalue weighted by Gasteiger charge is -2.46. The SMILES string of the molecule is CC1CNCCN1C(=O)C1(c2ccccc2)CCC1. The summed E-state index contributed by atoms with van der Waals surface area (Å²) >= 11 is 0. The van der Waals surface area contributed by atoms with Gasteiger partial charge >= 0.3 is 0 Å². The van der Waals surface area contributed by atoms with Crippen LogP contribution >= 0.6 is 0 Å². The molecule has 1 saturated heterocycles. The summed E-state index contributed by atoms with van der Waals surface area (Å²) in [5.74, 6) is 0.346. The van der Waals surface area contributed by atoms with Gasteiger partial charge in [0.25, 0.3) is 0 Å². The average Bonchev–Trinajstić information content (AvgIpc) is 2.39. The minimum absolute atomic E-state index is 0.229. The van der Waals surface area contributed by atoms with Crippen molar-refractivity contribution < 1.29 is 4.79 Å². The van der Waals surface area contributed by atoms with E-state index in [9.17, 15) is 4.79 Å². The monoisotopic (exact) mass is 258 g/mol. The van der Waals surface area contributed by atoms with Crippen LogP contribution in [0.2, 0.25) is 0 Å². The Bertz CT molecular complexity index is 453. The molecule has 1 heterocycles. The molecule has 3 nitrogen and oxygen atoms in total. The Balaban J connectivity index is 1.88. The highest BCUT2D eigenvalue weighted by Gasteiger charge is 2.48. The standard InChI is InChI=1S/C16H22N2O/c1-13-12-17-10-11-18(13)15(19)16(8-5-9-16)14-6-3-2-4-7-14/h2-4,6-7,13,17H,5,8-12H2,1H3. The van der Waals surface area contributed by atoms with E-state index in [1.54, 1.807) is 0 Å². The van der Waals surface area contributed by atoms with Crippen molar-refractivity contribution in [3.05, 3.63) is 35.9 Å². The van der Waals surface area contributed by atoms with Crippen molar-refractivity contribution in [3.8, 4) is 0 Å². The lowest BCUT2D eigenvalue weighted by atomic mass is 9.63. The Hall–Kier alpha value is -1.35. The Morgan fingerprint density at radius 3 is 2.63 bits per heavy atom. The van der Waals surface area contributed by atoms with E-state index < -0.39 is 0 Å². The Morgan fingerprint density at radius 1 is 1.32 bits per heavy atom. The quantitative estimate of drug-likeness (QED) is 0.879. The molecule has 2 fully saturated rings. The normalized spacial score (nSPS) is 25.7. The van der Waals surface area contributed by atoms with Gasteiger partial charge in [-0.05, 0) is 25.3 Å². The van der Waals surface area contributed by atoms with E-state index >= 15 is 0 Å². The number of nitrogens with one attached hydrogen (secondary N) is 1. The summed E-state index contributed by atoms with van der Waals surface area (Å²) in [6.45, 7) is 4.81. The number of piperazine rings is 1. The molecule has 1 aromatic rings. The first-order chi connectivity index (χ1) is 9.24. The molecule has 2 aliphatic rings. The summed E-state index contributed by atoms with van der Waals surface area (Å²) in [7, 11) is 0. The first-order valence-electron chi connectivity index (χ1n) is 7.31. The molecule has 3 heteroatoms. The van der Waals surface area contributed by atoms with Crippen molar-refractivity contribution in [2.75, 3.05) is 19.6 Å². The molecular weight excluding hydrogens is 236 g/mol. The molecule has 1 saturated carbocycles. The topological polar surface area (TPSA) is 32.3 Å². The minimum Gasteiger partial charge on any atom is -0.337 e. The Labute approximate surface area is 115 Å². The molecule has 0 aromatic heterocycles. The van der Waals surface area contributed by atoms with Crippen LogP contribution in [-0.4, -0.2) is 36.5 Å². The van der Waals surface area contributed by atoms with Crippen molar-refractivity contribution in [1.82, 2.24) is 10.2 Å². The second-order valence-corrected chi connectivity index (χ2v) is 5.85. The van der Waals surface area contributed by atoms with Crippen LogP contribution in [0.3, 0.4) is 0 Å². The molecule has 1 unspecified atom stereocenters. The highest BCUT2D eigenvalue weighted by molar-refractivity contribution is 5.89. The van der Waals surface area contributed by atoms with Gasteiger partial charge in [0.2, 0.25) is 5.91 Å². The average molecular weight is 258 g/mol. The van der Waals surface area contributed by atoms with Crippen LogP contribution in [0.15, 0.2) is 30.3 Å². The lowest BCUT2D eigenvalue weighted by Crippen LogP contribution is -2.59. The number of rotatable bonds is 2. The van der Waals surface area contributed by atoms with Gasteiger partial charge in [-0.1, -0.05) is 36.8 Å². The smallest absolute Gasteiger partial charge is 0.233 e. The number of hydrogen-bond donors (Lipinski definition) is 1. The molecule has 1 amide bonds. The Morgan fingerprint density at radius 2 is 2.05 bits per heavy atom.